The van der Waals surface area contributed by atoms with E-state index < -0.39 is 48.8 Å². The summed E-state index contributed by atoms with van der Waals surface area (Å²) >= 11 is 25.0. The molecule has 0 aromatic carbocycles. The largest absolute Gasteiger partial charge is 0.489 e. The summed E-state index contributed by atoms with van der Waals surface area (Å²) in [6.45, 7) is 19.5. The third-order valence-corrected chi connectivity index (χ3v) is 20.8. The molecule has 0 aromatic rings. The molecular formula is C67H92Cl3I3O20. The van der Waals surface area contributed by atoms with Gasteiger partial charge < -0.3 is 67.4 Å². The van der Waals surface area contributed by atoms with E-state index in [2.05, 4.69) is 106 Å². The Labute approximate surface area is 603 Å². The van der Waals surface area contributed by atoms with Gasteiger partial charge in [-0.15, -0.1) is 34.8 Å². The SMILES string of the molecule is C=C(I)C[C@H](Cl)CCC(=O)/C=C1/O[C@@H]2C(O[C@H]3CC[C@H](CC(=O)OC)O[C@@H]3[C@@H]2C)[C@H]1O.C=C(I)C[C@H](Cl)CCC(=O)/C=C1\O[C@@H]2C(O[C@H]3CC[C@H](CC(=O)OC)O[C@@H]3[C@@H]2C)[C@H]1O.C=C(I)C[C@H](Cl)CCC(=O)C#C[C@H](O)[C@@H]1O[C@H]2CC[C@H](CC(=O)OC)O[C@@H]2[C@H](C)[C@@H]1C. The van der Waals surface area contributed by atoms with E-state index in [4.69, 9.17) is 86.9 Å². The number of carbonyl (C=O) groups is 6. The zero-order valence-electron chi connectivity index (χ0n) is 53.9. The quantitative estimate of drug-likeness (QED) is 0.0154. The van der Waals surface area contributed by atoms with E-state index >= 15 is 0 Å². The van der Waals surface area contributed by atoms with Gasteiger partial charge in [-0.1, -0.05) is 53.4 Å². The van der Waals surface area contributed by atoms with E-state index in [-0.39, 0.29) is 180 Å². The predicted octanol–water partition coefficient (Wildman–Crippen LogP) is 10.7. The molecule has 0 radical (unpaired) electrons. The van der Waals surface area contributed by atoms with E-state index in [1.165, 1.54) is 33.5 Å². The molecule has 26 heteroatoms. The van der Waals surface area contributed by atoms with Crippen molar-refractivity contribution in [3.63, 3.8) is 0 Å². The second kappa shape index (κ2) is 38.5. The second-order valence-electron chi connectivity index (χ2n) is 25.4. The van der Waals surface area contributed by atoms with Crippen LogP contribution in [0.1, 0.15) is 143 Å². The number of rotatable bonds is 24. The van der Waals surface area contributed by atoms with Crippen molar-refractivity contribution in [2.45, 2.75) is 263 Å². The normalized spacial score (nSPS) is 35.2. The molecule has 20 nitrogen and oxygen atoms in total. The van der Waals surface area contributed by atoms with Crippen LogP contribution in [0.25, 0.3) is 0 Å². The summed E-state index contributed by atoms with van der Waals surface area (Å²) in [6, 6.07) is 0. The first-order valence-corrected chi connectivity index (χ1v) is 36.5. The Morgan fingerprint density at radius 1 is 0.516 bits per heavy atom. The molecule has 522 valence electrons. The van der Waals surface area contributed by atoms with Crippen LogP contribution in [0.3, 0.4) is 0 Å². The van der Waals surface area contributed by atoms with E-state index in [0.29, 0.717) is 57.8 Å². The number of fused-ring (bicyclic) bond motifs is 5. The van der Waals surface area contributed by atoms with Crippen molar-refractivity contribution in [2.24, 2.45) is 23.7 Å². The molecular weight excluding hydrogens is 1610 g/mol. The fourth-order valence-corrected chi connectivity index (χ4v) is 16.4. The molecule has 0 saturated carbocycles. The number of ketones is 3. The lowest BCUT2D eigenvalue weighted by atomic mass is 9.77. The summed E-state index contributed by atoms with van der Waals surface area (Å²) in [5.74, 6) is 4.22. The first-order chi connectivity index (χ1) is 44.0. The number of halogens is 6. The lowest BCUT2D eigenvalue weighted by Crippen LogP contribution is -2.57. The highest BCUT2D eigenvalue weighted by Gasteiger charge is 2.57. The molecule has 3 N–H and O–H groups in total. The van der Waals surface area contributed by atoms with Gasteiger partial charge in [0.1, 0.15) is 54.2 Å². The Morgan fingerprint density at radius 2 is 0.860 bits per heavy atom. The van der Waals surface area contributed by atoms with Gasteiger partial charge in [-0.3, -0.25) is 28.8 Å². The minimum atomic E-state index is -1.06. The maximum Gasteiger partial charge on any atom is 0.308 e. The van der Waals surface area contributed by atoms with Gasteiger partial charge in [0.25, 0.3) is 0 Å². The van der Waals surface area contributed by atoms with E-state index in [1.54, 1.807) is 0 Å². The van der Waals surface area contributed by atoms with Crippen LogP contribution in [0.5, 0.6) is 0 Å². The Morgan fingerprint density at radius 3 is 1.22 bits per heavy atom. The number of aliphatic hydroxyl groups is 3. The zero-order valence-corrected chi connectivity index (χ0v) is 62.7. The number of esters is 3. The molecule has 0 aromatic heterocycles. The molecule has 8 fully saturated rings. The lowest BCUT2D eigenvalue weighted by molar-refractivity contribution is -0.239. The Balaban J connectivity index is 0.000000221. The van der Waals surface area contributed by atoms with Gasteiger partial charge >= 0.3 is 17.9 Å². The van der Waals surface area contributed by atoms with Crippen molar-refractivity contribution in [3.05, 3.63) is 54.1 Å². The summed E-state index contributed by atoms with van der Waals surface area (Å²) in [4.78, 5) is 71.6. The van der Waals surface area contributed by atoms with Crippen LogP contribution in [0, 0.1) is 35.5 Å². The highest BCUT2D eigenvalue weighted by Crippen LogP contribution is 2.46. The smallest absolute Gasteiger partial charge is 0.308 e. The number of ether oxygens (including phenoxy) is 11. The maximum atomic E-state index is 12.4. The molecule has 0 spiro atoms. The van der Waals surface area contributed by atoms with Crippen molar-refractivity contribution in [3.8, 4) is 11.8 Å². The predicted molar refractivity (Wildman–Crippen MR) is 373 cm³/mol. The van der Waals surface area contributed by atoms with Gasteiger partial charge in [-0.05, 0) is 173 Å². The van der Waals surface area contributed by atoms with Crippen LogP contribution in [-0.4, -0.2) is 192 Å². The van der Waals surface area contributed by atoms with Crippen LogP contribution >= 0.6 is 103 Å². The number of hydrogen-bond acceptors (Lipinski definition) is 20. The monoisotopic (exact) mass is 1700 g/mol. The average molecular weight is 1700 g/mol. The molecule has 8 rings (SSSR count). The van der Waals surface area contributed by atoms with Gasteiger partial charge in [-0.2, -0.15) is 0 Å². The van der Waals surface area contributed by atoms with Crippen molar-refractivity contribution < 1.29 is 96.2 Å². The fraction of sp³-hybridized carbons (Fsp3) is 0.731. The first-order valence-electron chi connectivity index (χ1n) is 32.0. The topological polar surface area (TPSA) is 265 Å². The van der Waals surface area contributed by atoms with Crippen LogP contribution < -0.4 is 0 Å². The summed E-state index contributed by atoms with van der Waals surface area (Å²) in [5, 5.41) is 31.6. The number of methoxy groups -OCH3 is 3. The summed E-state index contributed by atoms with van der Waals surface area (Å²) in [5.41, 5.74) is 0. The molecule has 93 heavy (non-hydrogen) atoms. The Hall–Kier alpha value is -2.02. The minimum Gasteiger partial charge on any atom is -0.489 e. The van der Waals surface area contributed by atoms with Gasteiger partial charge in [-0.25, -0.2) is 0 Å². The zero-order chi connectivity index (χ0) is 68.5. The Kier molecular flexibility index (Phi) is 33.1. The molecule has 0 bridgehead atoms. The molecule has 0 amide bonds. The lowest BCUT2D eigenvalue weighted by Gasteiger charge is -2.49. The molecule has 8 aliphatic rings. The number of carbonyl (C=O) groups excluding carboxylic acids is 6. The summed E-state index contributed by atoms with van der Waals surface area (Å²) in [7, 11) is 4.10. The first kappa shape index (κ1) is 80.0. The summed E-state index contributed by atoms with van der Waals surface area (Å²) < 4.78 is 65.8. The molecule has 8 aliphatic heterocycles. The number of alkyl halides is 3. The van der Waals surface area contributed by atoms with Crippen molar-refractivity contribution in [1.82, 2.24) is 0 Å². The van der Waals surface area contributed by atoms with Crippen LogP contribution in [-0.2, 0) is 80.9 Å². The maximum absolute atomic E-state index is 12.4. The molecule has 0 aliphatic carbocycles. The third-order valence-electron chi connectivity index (χ3n) is 18.4. The fourth-order valence-electron chi connectivity index (χ4n) is 13.1. The minimum absolute atomic E-state index is 0.0283. The van der Waals surface area contributed by atoms with Gasteiger partial charge in [0, 0.05) is 59.4 Å². The average Bonchev–Trinajstić information content (AvgIpc) is 1.69. The van der Waals surface area contributed by atoms with Gasteiger partial charge in [0.05, 0.1) is 102 Å². The number of Topliss-reactive ketones (excluding diaryl/α,β-unsaturated/α-hetero) is 1. The van der Waals surface area contributed by atoms with Gasteiger partial charge in [0.15, 0.2) is 11.6 Å². The Bertz CT molecular complexity index is 2620. The van der Waals surface area contributed by atoms with Crippen LogP contribution in [0.2, 0.25) is 0 Å². The molecule has 24 atom stereocenters. The number of aliphatic hydroxyl groups excluding tert-OH is 3. The second-order valence-corrected chi connectivity index (χ2v) is 31.8. The highest BCUT2D eigenvalue weighted by molar-refractivity contribution is 14.1. The van der Waals surface area contributed by atoms with Crippen LogP contribution in [0.4, 0.5) is 0 Å². The third kappa shape index (κ3) is 23.8. The number of allylic oxidation sites excluding steroid dienone is 5. The molecule has 8 saturated heterocycles. The highest BCUT2D eigenvalue weighted by atomic mass is 127. The van der Waals surface area contributed by atoms with E-state index in [1.807, 2.05) is 20.8 Å². The van der Waals surface area contributed by atoms with E-state index in [9.17, 15) is 44.1 Å². The van der Waals surface area contributed by atoms with Crippen molar-refractivity contribution in [1.29, 1.82) is 0 Å². The number of hydrogen-bond donors (Lipinski definition) is 3. The van der Waals surface area contributed by atoms with Crippen LogP contribution in [0.15, 0.2) is 54.1 Å². The standard InChI is InChI=1S/C23H32ClIO6.2C22H30ClIO7/c1-13(25)11-16(24)5-6-17(26)7-9-19(27)22-14(2)15(3)23-20(31-22)10-8-18(30-23)12-21(28)29-4;2*1-11(24)8-13(23)4-5-14(25)9-17-19(27)22-21(31-17)12(2)20-16(30-22)7-6-15(29-20)10-18(26)28-3/h14-16,18-20,22-23,27H,1,5-6,8,10-12H2,2-4H3;2*9,12-13,15-16,19-22,27H,1,4-8,10H2,2-3H3/b;17-9+;17-9-/t14-,15+,16+,18+,19-,20-,22+,23+;2*12-,13+,15+,16-,19-,20+,21-,22?/m000/s1. The summed E-state index contributed by atoms with van der Waals surface area (Å²) in [6.07, 6.45) is 4.67. The van der Waals surface area contributed by atoms with Crippen molar-refractivity contribution in [2.75, 3.05) is 21.3 Å². The van der Waals surface area contributed by atoms with E-state index in [0.717, 1.165) is 30.0 Å². The molecule has 8 heterocycles. The molecule has 2 unspecified atom stereocenters. The van der Waals surface area contributed by atoms with Crippen molar-refractivity contribution >= 4 is 138 Å². The van der Waals surface area contributed by atoms with Gasteiger partial charge in [0.2, 0.25) is 5.78 Å².